The van der Waals surface area contributed by atoms with Crippen LogP contribution in [0.2, 0.25) is 5.02 Å². The van der Waals surface area contributed by atoms with Gasteiger partial charge in [0.05, 0.1) is 23.7 Å². The van der Waals surface area contributed by atoms with E-state index < -0.39 is 0 Å². The van der Waals surface area contributed by atoms with E-state index >= 15 is 0 Å². The minimum atomic E-state index is -0.306. The van der Waals surface area contributed by atoms with Crippen molar-refractivity contribution >= 4 is 34.8 Å². The molecule has 0 atom stereocenters. The number of anilines is 2. The second-order valence-corrected chi connectivity index (χ2v) is 5.54. The average molecular weight is 363 g/mol. The van der Waals surface area contributed by atoms with Crippen LogP contribution in [-0.2, 0) is 14.3 Å². The zero-order valence-corrected chi connectivity index (χ0v) is 14.5. The van der Waals surface area contributed by atoms with Crippen molar-refractivity contribution in [2.45, 2.75) is 6.42 Å². The van der Waals surface area contributed by atoms with Gasteiger partial charge in [-0.2, -0.15) is 0 Å². The lowest BCUT2D eigenvalue weighted by atomic mass is 10.2. The van der Waals surface area contributed by atoms with Gasteiger partial charge in [-0.15, -0.1) is 0 Å². The van der Waals surface area contributed by atoms with Crippen LogP contribution >= 0.6 is 11.6 Å². The fourth-order valence-electron chi connectivity index (χ4n) is 2.01. The topological polar surface area (TPSA) is 76.7 Å². The minimum absolute atomic E-state index is 0.0593. The summed E-state index contributed by atoms with van der Waals surface area (Å²) < 4.78 is 10.2. The third-order valence-electron chi connectivity index (χ3n) is 3.14. The largest absolute Gasteiger partial charge is 0.493 e. The number of para-hydroxylation sites is 1. The molecule has 0 aliphatic rings. The molecule has 0 aliphatic heterocycles. The van der Waals surface area contributed by atoms with Crippen LogP contribution in [0.5, 0.6) is 5.75 Å². The molecular formula is C18H19ClN2O4. The van der Waals surface area contributed by atoms with E-state index in [4.69, 9.17) is 21.1 Å². The van der Waals surface area contributed by atoms with Gasteiger partial charge in [0.15, 0.2) is 0 Å². The van der Waals surface area contributed by atoms with Crippen LogP contribution in [0.4, 0.5) is 11.4 Å². The average Bonchev–Trinajstić information content (AvgIpc) is 2.58. The molecular weight excluding hydrogens is 344 g/mol. The fraction of sp³-hybridized carbons (Fsp3) is 0.222. The Kier molecular flexibility index (Phi) is 7.25. The Morgan fingerprint density at radius 3 is 2.48 bits per heavy atom. The lowest BCUT2D eigenvalue weighted by Crippen LogP contribution is -2.18. The molecule has 2 N–H and O–H groups in total. The molecule has 0 radical (unpaired) electrons. The number of carbonyl (C=O) groups is 2. The van der Waals surface area contributed by atoms with Gasteiger partial charge in [0.2, 0.25) is 11.8 Å². The number of amides is 2. The van der Waals surface area contributed by atoms with Gasteiger partial charge in [-0.25, -0.2) is 0 Å². The maximum absolute atomic E-state index is 11.9. The van der Waals surface area contributed by atoms with Gasteiger partial charge in [-0.3, -0.25) is 9.59 Å². The molecule has 0 saturated heterocycles. The van der Waals surface area contributed by atoms with Crippen LogP contribution < -0.4 is 15.4 Å². The Morgan fingerprint density at radius 2 is 1.80 bits per heavy atom. The van der Waals surface area contributed by atoms with Crippen LogP contribution in [0.25, 0.3) is 0 Å². The van der Waals surface area contributed by atoms with Crippen LogP contribution in [-0.4, -0.2) is 32.1 Å². The van der Waals surface area contributed by atoms with Crippen LogP contribution in [0.3, 0.4) is 0 Å². The first-order valence-electron chi connectivity index (χ1n) is 7.64. The Labute approximate surface area is 151 Å². The first-order valence-corrected chi connectivity index (χ1v) is 8.02. The fourth-order valence-corrected chi connectivity index (χ4v) is 2.24. The molecule has 0 aliphatic carbocycles. The number of rotatable bonds is 8. The summed E-state index contributed by atoms with van der Waals surface area (Å²) in [4.78, 5) is 23.4. The van der Waals surface area contributed by atoms with E-state index in [2.05, 4.69) is 10.6 Å². The van der Waals surface area contributed by atoms with E-state index in [1.807, 2.05) is 30.3 Å². The van der Waals surface area contributed by atoms with Crippen molar-refractivity contribution in [2.75, 3.05) is 31.0 Å². The Bertz CT molecular complexity index is 722. The first-order chi connectivity index (χ1) is 12.1. The molecule has 0 fully saturated rings. The van der Waals surface area contributed by atoms with Crippen molar-refractivity contribution < 1.29 is 19.1 Å². The minimum Gasteiger partial charge on any atom is -0.493 e. The highest BCUT2D eigenvalue weighted by Gasteiger charge is 2.08. The highest BCUT2D eigenvalue weighted by molar-refractivity contribution is 6.34. The summed E-state index contributed by atoms with van der Waals surface area (Å²) in [6.45, 7) is 0.213. The summed E-state index contributed by atoms with van der Waals surface area (Å²) in [5.41, 5.74) is 0.994. The molecule has 7 heteroatoms. The predicted octanol–water partition coefficient (Wildman–Crippen LogP) is 3.33. The molecule has 0 unspecified atom stereocenters. The van der Waals surface area contributed by atoms with Crippen molar-refractivity contribution in [3.05, 3.63) is 53.6 Å². The van der Waals surface area contributed by atoms with E-state index in [9.17, 15) is 9.59 Å². The lowest BCUT2D eigenvalue weighted by Gasteiger charge is -2.10. The summed E-state index contributed by atoms with van der Waals surface area (Å²) in [5.74, 6) is 0.219. The maximum Gasteiger partial charge on any atom is 0.250 e. The number of carbonyl (C=O) groups excluding carboxylic acids is 2. The highest BCUT2D eigenvalue weighted by Crippen LogP contribution is 2.25. The predicted molar refractivity (Wildman–Crippen MR) is 97.1 cm³/mol. The molecule has 2 aromatic carbocycles. The Hall–Kier alpha value is -2.57. The van der Waals surface area contributed by atoms with Gasteiger partial charge in [-0.1, -0.05) is 29.8 Å². The number of nitrogens with one attached hydrogen (secondary N) is 2. The summed E-state index contributed by atoms with van der Waals surface area (Å²) in [6.07, 6.45) is 0.207. The summed E-state index contributed by atoms with van der Waals surface area (Å²) in [5, 5.41) is 5.67. The van der Waals surface area contributed by atoms with Crippen molar-refractivity contribution in [3.63, 3.8) is 0 Å². The molecule has 0 saturated carbocycles. The van der Waals surface area contributed by atoms with E-state index in [0.717, 1.165) is 5.75 Å². The van der Waals surface area contributed by atoms with Crippen LogP contribution in [0.1, 0.15) is 6.42 Å². The molecule has 132 valence electrons. The normalized spacial score (nSPS) is 10.2. The molecule has 0 spiro atoms. The number of halogens is 1. The zero-order valence-electron chi connectivity index (χ0n) is 13.8. The smallest absolute Gasteiger partial charge is 0.250 e. The second-order valence-electron chi connectivity index (χ2n) is 5.14. The van der Waals surface area contributed by atoms with E-state index in [-0.39, 0.29) is 31.4 Å². The molecule has 0 heterocycles. The first kappa shape index (κ1) is 18.8. The van der Waals surface area contributed by atoms with Crippen molar-refractivity contribution in [3.8, 4) is 5.75 Å². The maximum atomic E-state index is 11.9. The van der Waals surface area contributed by atoms with Crippen molar-refractivity contribution in [1.29, 1.82) is 0 Å². The van der Waals surface area contributed by atoms with E-state index in [0.29, 0.717) is 16.4 Å². The van der Waals surface area contributed by atoms with E-state index in [1.54, 1.807) is 18.2 Å². The summed E-state index contributed by atoms with van der Waals surface area (Å²) >= 11 is 6.11. The molecule has 0 bridgehead atoms. The van der Waals surface area contributed by atoms with Crippen LogP contribution in [0.15, 0.2) is 48.5 Å². The van der Waals surface area contributed by atoms with Gasteiger partial charge < -0.3 is 20.1 Å². The SMILES string of the molecule is COCC(=O)Nc1ccc(NC(=O)CCOc2ccccc2)cc1Cl. The summed E-state index contributed by atoms with van der Waals surface area (Å²) in [7, 11) is 1.43. The van der Waals surface area contributed by atoms with Crippen molar-refractivity contribution in [2.24, 2.45) is 0 Å². The van der Waals surface area contributed by atoms with Gasteiger partial charge >= 0.3 is 0 Å². The monoisotopic (exact) mass is 362 g/mol. The third kappa shape index (κ3) is 6.45. The Morgan fingerprint density at radius 1 is 1.04 bits per heavy atom. The molecule has 0 aromatic heterocycles. The molecule has 2 aromatic rings. The lowest BCUT2D eigenvalue weighted by molar-refractivity contribution is -0.119. The Balaban J connectivity index is 1.82. The number of ether oxygens (including phenoxy) is 2. The number of hydrogen-bond donors (Lipinski definition) is 2. The molecule has 25 heavy (non-hydrogen) atoms. The van der Waals surface area contributed by atoms with Gasteiger partial charge in [0.25, 0.3) is 0 Å². The number of hydrogen-bond acceptors (Lipinski definition) is 4. The van der Waals surface area contributed by atoms with Gasteiger partial charge in [-0.05, 0) is 30.3 Å². The zero-order chi connectivity index (χ0) is 18.1. The number of benzene rings is 2. The molecule has 6 nitrogen and oxygen atoms in total. The van der Waals surface area contributed by atoms with Gasteiger partial charge in [0, 0.05) is 12.8 Å². The molecule has 2 rings (SSSR count). The van der Waals surface area contributed by atoms with Crippen LogP contribution in [0, 0.1) is 0 Å². The molecule has 2 amide bonds. The third-order valence-corrected chi connectivity index (χ3v) is 3.46. The highest BCUT2D eigenvalue weighted by atomic mass is 35.5. The second kappa shape index (κ2) is 9.66. The number of methoxy groups -OCH3 is 1. The standard InChI is InChI=1S/C18H19ClN2O4/c1-24-12-18(23)21-16-8-7-13(11-15(16)19)20-17(22)9-10-25-14-5-3-2-4-6-14/h2-8,11H,9-10,12H2,1H3,(H,20,22)(H,21,23). The van der Waals surface area contributed by atoms with Crippen molar-refractivity contribution in [1.82, 2.24) is 0 Å². The van der Waals surface area contributed by atoms with Gasteiger partial charge in [0.1, 0.15) is 12.4 Å². The quantitative estimate of drug-likeness (QED) is 0.755. The summed E-state index contributed by atoms with van der Waals surface area (Å²) in [6, 6.07) is 14.1. The van der Waals surface area contributed by atoms with E-state index in [1.165, 1.54) is 7.11 Å².